The first-order chi connectivity index (χ1) is 17.2. The van der Waals surface area contributed by atoms with Crippen LogP contribution in [0.15, 0.2) is 36.5 Å². The minimum absolute atomic E-state index is 0.271. The van der Waals surface area contributed by atoms with E-state index in [9.17, 15) is 28.0 Å². The van der Waals surface area contributed by atoms with Crippen molar-refractivity contribution < 1.29 is 28.0 Å². The van der Waals surface area contributed by atoms with Crippen molar-refractivity contribution in [3.63, 3.8) is 0 Å². The number of nitrogens with one attached hydrogen (secondary N) is 1. The minimum Gasteiger partial charge on any atom is -0.387 e. The normalized spacial score (nSPS) is 15.1. The zero-order chi connectivity index (χ0) is 27.1. The third-order valence-corrected chi connectivity index (χ3v) is 6.70. The Kier molecular flexibility index (Phi) is 21.8. The van der Waals surface area contributed by atoms with Gasteiger partial charge in [-0.25, -0.2) is 0 Å². The molecule has 0 radical (unpaired) electrons. The predicted molar refractivity (Wildman–Crippen MR) is 148 cm³/mol. The molecule has 0 aliphatic heterocycles. The molecule has 7 nitrogen and oxygen atoms in total. The van der Waals surface area contributed by atoms with Crippen molar-refractivity contribution in [2.45, 2.75) is 128 Å². The second kappa shape index (κ2) is 22.7. The Morgan fingerprint density at radius 1 is 0.778 bits per heavy atom. The zero-order valence-corrected chi connectivity index (χ0v) is 23.3. The maximum absolute atomic E-state index is 12.4. The van der Waals surface area contributed by atoms with E-state index in [0.29, 0.717) is 12.8 Å². The largest absolute Gasteiger partial charge is 0.387 e. The summed E-state index contributed by atoms with van der Waals surface area (Å²) in [6.07, 6.45) is 23.7. The molecule has 0 bridgehead atoms. The third kappa shape index (κ3) is 21.8. The van der Waals surface area contributed by atoms with Crippen LogP contribution in [0.5, 0.6) is 0 Å². The molecule has 0 heterocycles. The van der Waals surface area contributed by atoms with Gasteiger partial charge in [-0.05, 0) is 38.5 Å². The average molecular weight is 530 g/mol. The summed E-state index contributed by atoms with van der Waals surface area (Å²) in [7, 11) is -4.43. The lowest BCUT2D eigenvalue weighted by molar-refractivity contribution is -0.130. The third-order valence-electron chi connectivity index (χ3n) is 5.92. The van der Waals surface area contributed by atoms with Gasteiger partial charge in [-0.3, -0.25) is 9.35 Å². The van der Waals surface area contributed by atoms with Crippen molar-refractivity contribution in [2.75, 3.05) is 5.75 Å². The van der Waals surface area contributed by atoms with E-state index in [1.165, 1.54) is 38.2 Å². The summed E-state index contributed by atoms with van der Waals surface area (Å²) in [6, 6.07) is -1.25. The maximum atomic E-state index is 12.4. The van der Waals surface area contributed by atoms with Crippen molar-refractivity contribution in [1.29, 1.82) is 0 Å². The molecule has 1 amide bonds. The van der Waals surface area contributed by atoms with Crippen LogP contribution in [0, 0.1) is 0 Å². The van der Waals surface area contributed by atoms with E-state index < -0.39 is 40.0 Å². The molecule has 0 aromatic carbocycles. The molecule has 0 aromatic heterocycles. The quantitative estimate of drug-likeness (QED) is 0.0771. The van der Waals surface area contributed by atoms with Crippen LogP contribution >= 0.6 is 0 Å². The van der Waals surface area contributed by atoms with Crippen molar-refractivity contribution in [2.24, 2.45) is 0 Å². The summed E-state index contributed by atoms with van der Waals surface area (Å²) in [5, 5.41) is 23.0. The molecule has 3 atom stereocenters. The molecule has 0 saturated heterocycles. The van der Waals surface area contributed by atoms with Crippen molar-refractivity contribution >= 4 is 16.0 Å². The van der Waals surface area contributed by atoms with E-state index >= 15 is 0 Å². The van der Waals surface area contributed by atoms with Crippen molar-refractivity contribution in [3.8, 4) is 0 Å². The summed E-state index contributed by atoms with van der Waals surface area (Å²) in [4.78, 5) is 12.4. The van der Waals surface area contributed by atoms with Gasteiger partial charge in [0.1, 0.15) is 6.10 Å². The van der Waals surface area contributed by atoms with E-state index in [4.69, 9.17) is 0 Å². The van der Waals surface area contributed by atoms with Crippen LogP contribution in [0.2, 0.25) is 0 Å². The number of rotatable bonds is 23. The lowest BCUT2D eigenvalue weighted by atomic mass is 10.0. The van der Waals surface area contributed by atoms with E-state index in [1.807, 2.05) is 0 Å². The number of hydrogen-bond donors (Lipinski definition) is 4. The molecule has 0 spiro atoms. The first-order valence-electron chi connectivity index (χ1n) is 13.8. The van der Waals surface area contributed by atoms with Gasteiger partial charge in [-0.2, -0.15) is 8.42 Å². The second-order valence-electron chi connectivity index (χ2n) is 9.42. The second-order valence-corrected chi connectivity index (χ2v) is 10.9. The molecule has 0 aliphatic rings. The fourth-order valence-corrected chi connectivity index (χ4v) is 4.52. The zero-order valence-electron chi connectivity index (χ0n) is 22.5. The number of aliphatic hydroxyl groups is 2. The highest BCUT2D eigenvalue weighted by Crippen LogP contribution is 2.12. The summed E-state index contributed by atoms with van der Waals surface area (Å²) in [5.41, 5.74) is 0. The number of carbonyl (C=O) groups excluding carboxylic acids is 1. The Morgan fingerprint density at radius 2 is 1.28 bits per heavy atom. The monoisotopic (exact) mass is 529 g/mol. The number of aliphatic hydroxyl groups excluding tert-OH is 2. The first kappa shape index (κ1) is 34.5. The summed E-state index contributed by atoms with van der Waals surface area (Å²) < 4.78 is 32.0. The Morgan fingerprint density at radius 3 is 1.81 bits per heavy atom. The van der Waals surface area contributed by atoms with Gasteiger partial charge in [0, 0.05) is 0 Å². The lowest BCUT2D eigenvalue weighted by Gasteiger charge is -2.22. The van der Waals surface area contributed by atoms with Crippen LogP contribution in [0.25, 0.3) is 0 Å². The number of carbonyl (C=O) groups is 1. The molecule has 0 aromatic rings. The fraction of sp³-hybridized carbons (Fsp3) is 0.750. The van der Waals surface area contributed by atoms with Crippen LogP contribution in [0.3, 0.4) is 0 Å². The summed E-state index contributed by atoms with van der Waals surface area (Å²) >= 11 is 0. The molecule has 0 saturated carbocycles. The highest BCUT2D eigenvalue weighted by molar-refractivity contribution is 7.85. The van der Waals surface area contributed by atoms with Gasteiger partial charge in [0.05, 0.1) is 17.9 Å². The molecule has 210 valence electrons. The van der Waals surface area contributed by atoms with Crippen LogP contribution in [0.4, 0.5) is 0 Å². The average Bonchev–Trinajstić information content (AvgIpc) is 2.82. The molecule has 36 heavy (non-hydrogen) atoms. The maximum Gasteiger partial charge on any atom is 0.267 e. The topological polar surface area (TPSA) is 124 Å². The predicted octanol–water partition coefficient (Wildman–Crippen LogP) is 5.64. The molecule has 8 heteroatoms. The minimum atomic E-state index is -4.43. The Labute approximate surface area is 219 Å². The molecular weight excluding hydrogens is 478 g/mol. The number of amides is 1. The Hall–Kier alpha value is -1.48. The van der Waals surface area contributed by atoms with Gasteiger partial charge in [0.15, 0.2) is 0 Å². The molecule has 3 unspecified atom stereocenters. The van der Waals surface area contributed by atoms with Crippen molar-refractivity contribution in [1.82, 2.24) is 5.32 Å². The molecular formula is C28H51NO6S. The van der Waals surface area contributed by atoms with E-state index in [2.05, 4.69) is 43.5 Å². The summed E-state index contributed by atoms with van der Waals surface area (Å²) in [5.74, 6) is -1.57. The van der Waals surface area contributed by atoms with Crippen LogP contribution in [-0.4, -0.2) is 53.1 Å². The Balaban J connectivity index is 4.43. The molecule has 4 N–H and O–H groups in total. The molecule has 0 rings (SSSR count). The van der Waals surface area contributed by atoms with Gasteiger partial charge in [-0.1, -0.05) is 108 Å². The van der Waals surface area contributed by atoms with Gasteiger partial charge in [0.2, 0.25) is 5.91 Å². The van der Waals surface area contributed by atoms with Crippen LogP contribution in [0.1, 0.15) is 110 Å². The van der Waals surface area contributed by atoms with E-state index in [0.717, 1.165) is 44.9 Å². The number of unbranched alkanes of at least 4 members (excludes halogenated alkanes) is 10. The first-order valence-corrected chi connectivity index (χ1v) is 15.4. The SMILES string of the molecule is CC/C=C/CC/C=C/CC/C=C/C(O)C(CS(=O)(=O)O)NC(=O)C(O)CCCCCCCCCCC. The standard InChI is InChI=1S/C28H51NO6S/c1-3-5-7-9-11-13-15-16-18-20-22-26(30)25(24-36(33,34)35)29-28(32)27(31)23-21-19-17-14-12-10-8-6-4-2/h5,7,13,15,20,22,25-27,30-31H,3-4,6,8-12,14,16-19,21,23-24H2,1-2H3,(H,29,32)(H,33,34,35)/b7-5+,15-13+,22-20+. The highest BCUT2D eigenvalue weighted by atomic mass is 32.2. The van der Waals surface area contributed by atoms with Gasteiger partial charge in [0.25, 0.3) is 10.1 Å². The van der Waals surface area contributed by atoms with Crippen LogP contribution in [-0.2, 0) is 14.9 Å². The van der Waals surface area contributed by atoms with Crippen LogP contribution < -0.4 is 5.32 Å². The van der Waals surface area contributed by atoms with E-state index in [1.54, 1.807) is 6.08 Å². The smallest absolute Gasteiger partial charge is 0.267 e. The van der Waals surface area contributed by atoms with Gasteiger partial charge >= 0.3 is 0 Å². The van der Waals surface area contributed by atoms with Crippen molar-refractivity contribution in [3.05, 3.63) is 36.5 Å². The van der Waals surface area contributed by atoms with Gasteiger partial charge < -0.3 is 15.5 Å². The summed E-state index contributed by atoms with van der Waals surface area (Å²) in [6.45, 7) is 4.29. The fourth-order valence-electron chi connectivity index (χ4n) is 3.79. The lowest BCUT2D eigenvalue weighted by Crippen LogP contribution is -2.50. The molecule has 0 fully saturated rings. The van der Waals surface area contributed by atoms with Gasteiger partial charge in [-0.15, -0.1) is 0 Å². The Bertz CT molecular complexity index is 732. The number of allylic oxidation sites excluding steroid dienone is 5. The molecule has 0 aliphatic carbocycles. The number of hydrogen-bond acceptors (Lipinski definition) is 5. The highest BCUT2D eigenvalue weighted by Gasteiger charge is 2.27. The van der Waals surface area contributed by atoms with E-state index in [-0.39, 0.29) is 6.42 Å².